The minimum Gasteiger partial charge on any atom is -0.466 e. The molecule has 30 heavy (non-hydrogen) atoms. The largest absolute Gasteiger partial charge is 0.466 e. The zero-order valence-electron chi connectivity index (χ0n) is 16.8. The molecule has 1 amide bonds. The number of halogens is 1. The Balaban J connectivity index is 1.54. The summed E-state index contributed by atoms with van der Waals surface area (Å²) in [7, 11) is 0. The van der Waals surface area contributed by atoms with Crippen LogP contribution in [0.25, 0.3) is 22.2 Å². The molecule has 6 nitrogen and oxygen atoms in total. The molecule has 156 valence electrons. The molecule has 1 unspecified atom stereocenters. The van der Waals surface area contributed by atoms with E-state index >= 15 is 0 Å². The molecule has 1 aliphatic heterocycles. The lowest BCUT2D eigenvalue weighted by Crippen LogP contribution is -2.31. The Hall–Kier alpha value is -3.22. The van der Waals surface area contributed by atoms with Crippen LogP contribution >= 0.6 is 0 Å². The van der Waals surface area contributed by atoms with Crippen molar-refractivity contribution in [2.45, 2.75) is 38.6 Å². The summed E-state index contributed by atoms with van der Waals surface area (Å²) in [5.41, 5.74) is 2.43. The second-order valence-electron chi connectivity index (χ2n) is 7.26. The maximum Gasteiger partial charge on any atom is 0.306 e. The third-order valence-corrected chi connectivity index (χ3v) is 5.30. The molecule has 0 aliphatic carbocycles. The Morgan fingerprint density at radius 1 is 1.23 bits per heavy atom. The van der Waals surface area contributed by atoms with E-state index in [-0.39, 0.29) is 36.6 Å². The lowest BCUT2D eigenvalue weighted by molar-refractivity contribution is -0.146. The molecule has 1 atom stereocenters. The molecule has 1 fully saturated rings. The van der Waals surface area contributed by atoms with Gasteiger partial charge in [0.15, 0.2) is 5.58 Å². The predicted octanol–water partition coefficient (Wildman–Crippen LogP) is 4.64. The highest BCUT2D eigenvalue weighted by Crippen LogP contribution is 2.35. The molecule has 1 aromatic heterocycles. The van der Waals surface area contributed by atoms with Crippen molar-refractivity contribution in [3.05, 3.63) is 54.2 Å². The summed E-state index contributed by atoms with van der Waals surface area (Å²) < 4.78 is 24.9. The van der Waals surface area contributed by atoms with Gasteiger partial charge in [0.05, 0.1) is 13.0 Å². The fraction of sp³-hybridized carbons (Fsp3) is 0.348. The molecule has 1 saturated heterocycles. The summed E-state index contributed by atoms with van der Waals surface area (Å²) in [5, 5.41) is 0. The standard InChI is InChI=1S/C23H23FN2O4/c1-2-29-22(28)12-11-21(27)26-13-5-8-19(26)23-25-18-14-15(9-10-20(18)30-23)16-6-3-4-7-17(16)24/h3-4,6-7,9-10,14,19H,2,5,8,11-13H2,1H3. The normalized spacial score (nSPS) is 16.2. The molecule has 0 N–H and O–H groups in total. The number of ether oxygens (including phenoxy) is 1. The quantitative estimate of drug-likeness (QED) is 0.554. The van der Waals surface area contributed by atoms with Gasteiger partial charge in [0.1, 0.15) is 17.4 Å². The number of amides is 1. The number of aromatic nitrogens is 1. The number of rotatable bonds is 6. The van der Waals surface area contributed by atoms with E-state index in [0.29, 0.717) is 41.3 Å². The Bertz CT molecular complexity index is 1080. The summed E-state index contributed by atoms with van der Waals surface area (Å²) in [6.07, 6.45) is 1.76. The Morgan fingerprint density at radius 2 is 2.07 bits per heavy atom. The second-order valence-corrected chi connectivity index (χ2v) is 7.26. The number of likely N-dealkylation sites (tertiary alicyclic amines) is 1. The number of hydrogen-bond donors (Lipinski definition) is 0. The first kappa shape index (κ1) is 20.1. The summed E-state index contributed by atoms with van der Waals surface area (Å²) in [6.45, 7) is 2.64. The van der Waals surface area contributed by atoms with Crippen LogP contribution in [0.3, 0.4) is 0 Å². The Morgan fingerprint density at radius 3 is 2.87 bits per heavy atom. The van der Waals surface area contributed by atoms with Gasteiger partial charge < -0.3 is 14.1 Å². The fourth-order valence-electron chi connectivity index (χ4n) is 3.86. The SMILES string of the molecule is CCOC(=O)CCC(=O)N1CCCC1c1nc2cc(-c3ccccc3F)ccc2o1. The first-order valence-corrected chi connectivity index (χ1v) is 10.2. The maximum absolute atomic E-state index is 14.1. The number of fused-ring (bicyclic) bond motifs is 1. The predicted molar refractivity (Wildman–Crippen MR) is 109 cm³/mol. The van der Waals surface area contributed by atoms with Crippen LogP contribution in [0.15, 0.2) is 46.9 Å². The van der Waals surface area contributed by atoms with Crippen LogP contribution in [0.4, 0.5) is 4.39 Å². The molecule has 0 bridgehead atoms. The summed E-state index contributed by atoms with van der Waals surface area (Å²) in [6, 6.07) is 11.7. The lowest BCUT2D eigenvalue weighted by atomic mass is 10.0. The molecule has 1 aliphatic rings. The van der Waals surface area contributed by atoms with Gasteiger partial charge in [-0.3, -0.25) is 9.59 Å². The van der Waals surface area contributed by atoms with E-state index in [9.17, 15) is 14.0 Å². The van der Waals surface area contributed by atoms with Gasteiger partial charge in [-0.1, -0.05) is 24.3 Å². The zero-order valence-corrected chi connectivity index (χ0v) is 16.8. The van der Waals surface area contributed by atoms with E-state index in [1.165, 1.54) is 6.07 Å². The van der Waals surface area contributed by atoms with Gasteiger partial charge in [-0.15, -0.1) is 0 Å². The van der Waals surface area contributed by atoms with E-state index in [1.807, 2.05) is 0 Å². The monoisotopic (exact) mass is 410 g/mol. The van der Waals surface area contributed by atoms with Crippen LogP contribution in [0.2, 0.25) is 0 Å². The van der Waals surface area contributed by atoms with Crippen molar-refractivity contribution in [2.75, 3.05) is 13.2 Å². The topological polar surface area (TPSA) is 72.6 Å². The van der Waals surface area contributed by atoms with Gasteiger partial charge in [-0.05, 0) is 43.5 Å². The Labute approximate surface area is 173 Å². The van der Waals surface area contributed by atoms with Crippen LogP contribution in [0, 0.1) is 5.82 Å². The molecule has 2 aromatic carbocycles. The van der Waals surface area contributed by atoms with Crippen molar-refractivity contribution in [1.29, 1.82) is 0 Å². The molecule has 3 aromatic rings. The van der Waals surface area contributed by atoms with Crippen molar-refractivity contribution in [1.82, 2.24) is 9.88 Å². The number of carbonyl (C=O) groups excluding carboxylic acids is 2. The van der Waals surface area contributed by atoms with Gasteiger partial charge in [-0.25, -0.2) is 9.37 Å². The average Bonchev–Trinajstić information content (AvgIpc) is 3.39. The highest BCUT2D eigenvalue weighted by molar-refractivity contribution is 5.83. The minimum absolute atomic E-state index is 0.0649. The average molecular weight is 410 g/mol. The number of esters is 1. The van der Waals surface area contributed by atoms with Crippen LogP contribution in [-0.4, -0.2) is 34.9 Å². The third-order valence-electron chi connectivity index (χ3n) is 5.30. The molecular weight excluding hydrogens is 387 g/mol. The molecule has 2 heterocycles. The van der Waals surface area contributed by atoms with Crippen LogP contribution in [0.1, 0.15) is 44.5 Å². The summed E-state index contributed by atoms with van der Waals surface area (Å²) in [5.74, 6) is -0.309. The molecule has 0 radical (unpaired) electrons. The second kappa shape index (κ2) is 8.65. The highest BCUT2D eigenvalue weighted by Gasteiger charge is 2.33. The number of carbonyl (C=O) groups is 2. The molecule has 0 saturated carbocycles. The van der Waals surface area contributed by atoms with Gasteiger partial charge in [-0.2, -0.15) is 0 Å². The first-order chi connectivity index (χ1) is 14.6. The molecular formula is C23H23FN2O4. The van der Waals surface area contributed by atoms with E-state index < -0.39 is 0 Å². The van der Waals surface area contributed by atoms with E-state index in [4.69, 9.17) is 9.15 Å². The Kier molecular flexibility index (Phi) is 5.79. The van der Waals surface area contributed by atoms with Crippen molar-refractivity contribution >= 4 is 23.0 Å². The van der Waals surface area contributed by atoms with Gasteiger partial charge >= 0.3 is 5.97 Å². The first-order valence-electron chi connectivity index (χ1n) is 10.2. The summed E-state index contributed by atoms with van der Waals surface area (Å²) >= 11 is 0. The van der Waals surface area contributed by atoms with Crippen LogP contribution in [-0.2, 0) is 14.3 Å². The minimum atomic E-state index is -0.371. The van der Waals surface area contributed by atoms with Crippen LogP contribution < -0.4 is 0 Å². The van der Waals surface area contributed by atoms with Gasteiger partial charge in [0.2, 0.25) is 11.8 Å². The molecule has 4 rings (SSSR count). The van der Waals surface area contributed by atoms with Crippen molar-refractivity contribution in [3.63, 3.8) is 0 Å². The highest BCUT2D eigenvalue weighted by atomic mass is 19.1. The van der Waals surface area contributed by atoms with Crippen molar-refractivity contribution in [2.24, 2.45) is 0 Å². The van der Waals surface area contributed by atoms with Crippen molar-refractivity contribution < 1.29 is 23.1 Å². The molecule has 7 heteroatoms. The smallest absolute Gasteiger partial charge is 0.306 e. The third kappa shape index (κ3) is 4.06. The zero-order chi connectivity index (χ0) is 21.1. The molecule has 0 spiro atoms. The van der Waals surface area contributed by atoms with E-state index in [2.05, 4.69) is 4.98 Å². The lowest BCUT2D eigenvalue weighted by Gasteiger charge is -2.22. The number of hydrogen-bond acceptors (Lipinski definition) is 5. The number of oxazole rings is 1. The fourth-order valence-corrected chi connectivity index (χ4v) is 3.86. The number of benzene rings is 2. The van der Waals surface area contributed by atoms with Crippen LogP contribution in [0.5, 0.6) is 0 Å². The summed E-state index contributed by atoms with van der Waals surface area (Å²) in [4.78, 5) is 30.5. The van der Waals surface area contributed by atoms with Gasteiger partial charge in [0.25, 0.3) is 0 Å². The van der Waals surface area contributed by atoms with E-state index in [0.717, 1.165) is 12.8 Å². The van der Waals surface area contributed by atoms with Crippen molar-refractivity contribution in [3.8, 4) is 11.1 Å². The maximum atomic E-state index is 14.1. The van der Waals surface area contributed by atoms with E-state index in [1.54, 1.807) is 48.2 Å². The van der Waals surface area contributed by atoms with Gasteiger partial charge in [0, 0.05) is 18.5 Å². The number of nitrogens with zero attached hydrogens (tertiary/aromatic N) is 2.